The fourth-order valence-corrected chi connectivity index (χ4v) is 0.328. The van der Waals surface area contributed by atoms with Crippen molar-refractivity contribution in [2.45, 2.75) is 20.8 Å². The first-order valence-corrected chi connectivity index (χ1v) is 3.04. The van der Waals surface area contributed by atoms with Crippen LogP contribution in [0.1, 0.15) is 19.7 Å². The minimum absolute atomic E-state index is 0. The summed E-state index contributed by atoms with van der Waals surface area (Å²) in [7, 11) is 0. The number of rotatable bonds is 0. The van der Waals surface area contributed by atoms with Gasteiger partial charge in [0.05, 0.1) is 0 Å². The molecule has 0 N–H and O–H groups in total. The summed E-state index contributed by atoms with van der Waals surface area (Å²) in [5.41, 5.74) is 0. The predicted molar refractivity (Wildman–Crippen MR) is 37.0 cm³/mol. The van der Waals surface area contributed by atoms with E-state index >= 15 is 0 Å². The van der Waals surface area contributed by atoms with Crippen molar-refractivity contribution in [2.24, 2.45) is 0 Å². The van der Waals surface area contributed by atoms with Crippen molar-refractivity contribution < 1.29 is 58.2 Å². The average molecular weight is 209 g/mol. The molecule has 50 valence electrons. The smallest absolute Gasteiger partial charge is 0.434 e. The van der Waals surface area contributed by atoms with E-state index in [1.54, 1.807) is 12.4 Å². The van der Waals surface area contributed by atoms with Crippen LogP contribution in [0, 0.1) is 13.0 Å². The van der Waals surface area contributed by atoms with E-state index in [1.165, 1.54) is 0 Å². The van der Waals surface area contributed by atoms with E-state index < -0.39 is 0 Å². The van der Waals surface area contributed by atoms with Gasteiger partial charge in [0.15, 0.2) is 0 Å². The van der Waals surface area contributed by atoms with Crippen LogP contribution in [0.25, 0.3) is 0 Å². The molecule has 0 bridgehead atoms. The van der Waals surface area contributed by atoms with Gasteiger partial charge in [0.2, 0.25) is 0 Å². The first kappa shape index (κ1) is 13.5. The van der Waals surface area contributed by atoms with Crippen molar-refractivity contribution in [1.82, 2.24) is 9.97 Å². The molecular formula is C7H11N2Rb. The van der Waals surface area contributed by atoms with Crippen LogP contribution in [0.15, 0.2) is 12.4 Å². The third kappa shape index (κ3) is 7.00. The summed E-state index contributed by atoms with van der Waals surface area (Å²) < 4.78 is 0. The zero-order valence-corrected chi connectivity index (χ0v) is 12.0. The first-order chi connectivity index (χ1) is 4.39. The Kier molecular flexibility index (Phi) is 13.3. The molecule has 3 heteroatoms. The van der Waals surface area contributed by atoms with Gasteiger partial charge in [-0.2, -0.15) is 0 Å². The van der Waals surface area contributed by atoms with Gasteiger partial charge in [0.25, 0.3) is 0 Å². The summed E-state index contributed by atoms with van der Waals surface area (Å²) in [5, 5.41) is 0. The fraction of sp³-hybridized carbons (Fsp3) is 0.429. The minimum atomic E-state index is 0. The first-order valence-electron chi connectivity index (χ1n) is 3.04. The molecule has 1 rings (SSSR count). The third-order valence-corrected chi connectivity index (χ3v) is 0.652. The summed E-state index contributed by atoms with van der Waals surface area (Å²) >= 11 is 0. The number of hydrogen-bond acceptors (Lipinski definition) is 2. The van der Waals surface area contributed by atoms with Gasteiger partial charge < -0.3 is 6.07 Å². The Morgan fingerprint density at radius 2 is 1.60 bits per heavy atom. The number of hydrogen-bond donors (Lipinski definition) is 0. The number of nitrogens with zero attached hydrogens (tertiary/aromatic N) is 2. The molecule has 0 saturated carbocycles. The average Bonchev–Trinajstić information content (AvgIpc) is 1.94. The van der Waals surface area contributed by atoms with Crippen molar-refractivity contribution >= 4 is 0 Å². The quantitative estimate of drug-likeness (QED) is 0.491. The molecule has 0 spiro atoms. The molecule has 2 nitrogen and oxygen atoms in total. The van der Waals surface area contributed by atoms with E-state index in [2.05, 4.69) is 16.0 Å². The van der Waals surface area contributed by atoms with Crippen molar-refractivity contribution in [2.75, 3.05) is 0 Å². The maximum Gasteiger partial charge on any atom is 1.00 e. The topological polar surface area (TPSA) is 25.8 Å². The van der Waals surface area contributed by atoms with Crippen LogP contribution in [0.3, 0.4) is 0 Å². The van der Waals surface area contributed by atoms with E-state index in [0.717, 1.165) is 5.82 Å². The second-order valence-electron chi connectivity index (χ2n) is 1.23. The Labute approximate surface area is 111 Å². The zero-order valence-electron chi connectivity index (χ0n) is 7.05. The Morgan fingerprint density at radius 3 is 1.80 bits per heavy atom. The molecule has 0 aliphatic carbocycles. The van der Waals surface area contributed by atoms with Crippen molar-refractivity contribution in [1.29, 1.82) is 0 Å². The van der Waals surface area contributed by atoms with Gasteiger partial charge in [-0.1, -0.05) is 13.8 Å². The van der Waals surface area contributed by atoms with Crippen molar-refractivity contribution in [3.05, 3.63) is 24.3 Å². The molecule has 1 aromatic rings. The third-order valence-electron chi connectivity index (χ3n) is 0.652. The predicted octanol–water partition coefficient (Wildman–Crippen LogP) is -1.38. The molecule has 0 atom stereocenters. The summed E-state index contributed by atoms with van der Waals surface area (Å²) in [6.45, 7) is 5.84. The maximum atomic E-state index is 3.81. The standard InChI is InChI=1S/C5H5N2.C2H6.Rb/c1-5-6-3-2-4-7-5;1-2;/h3-4H,1H3;1-2H3;/q-1;;+1. The van der Waals surface area contributed by atoms with E-state index in [0.29, 0.717) is 0 Å². The second kappa shape index (κ2) is 9.89. The summed E-state index contributed by atoms with van der Waals surface area (Å²) in [5.74, 6) is 0.791. The summed E-state index contributed by atoms with van der Waals surface area (Å²) in [6, 6.07) is 2.71. The van der Waals surface area contributed by atoms with Gasteiger partial charge in [-0.05, 0) is 6.92 Å². The molecule has 0 aliphatic rings. The Balaban J connectivity index is 0. The van der Waals surface area contributed by atoms with E-state index in [1.807, 2.05) is 20.8 Å². The number of aromatic nitrogens is 2. The Bertz CT molecular complexity index is 142. The molecule has 0 unspecified atom stereocenters. The molecule has 1 aromatic heterocycles. The Hall–Kier alpha value is 0.885. The van der Waals surface area contributed by atoms with E-state index in [9.17, 15) is 0 Å². The summed E-state index contributed by atoms with van der Waals surface area (Å²) in [4.78, 5) is 7.62. The largest absolute Gasteiger partial charge is 1.00 e. The molecule has 0 aliphatic heterocycles. The normalized spacial score (nSPS) is 6.70. The molecule has 0 radical (unpaired) electrons. The molecule has 0 aromatic carbocycles. The van der Waals surface area contributed by atoms with Gasteiger partial charge >= 0.3 is 58.2 Å². The van der Waals surface area contributed by atoms with E-state index in [-0.39, 0.29) is 58.2 Å². The van der Waals surface area contributed by atoms with Gasteiger partial charge in [0, 0.05) is 0 Å². The van der Waals surface area contributed by atoms with Gasteiger partial charge in [-0.25, -0.2) is 0 Å². The Morgan fingerprint density at radius 1 is 1.20 bits per heavy atom. The van der Waals surface area contributed by atoms with Crippen LogP contribution < -0.4 is 58.2 Å². The van der Waals surface area contributed by atoms with Crippen molar-refractivity contribution in [3.8, 4) is 0 Å². The molecule has 0 amide bonds. The van der Waals surface area contributed by atoms with Gasteiger partial charge in [-0.3, -0.25) is 9.97 Å². The molecule has 10 heavy (non-hydrogen) atoms. The van der Waals surface area contributed by atoms with Crippen LogP contribution in [0.5, 0.6) is 0 Å². The number of aryl methyl sites for hydroxylation is 1. The van der Waals surface area contributed by atoms with E-state index in [4.69, 9.17) is 0 Å². The second-order valence-corrected chi connectivity index (χ2v) is 1.23. The summed E-state index contributed by atoms with van der Waals surface area (Å²) in [6.07, 6.45) is 3.20. The fourth-order valence-electron chi connectivity index (χ4n) is 0.328. The van der Waals surface area contributed by atoms with Crippen LogP contribution in [-0.4, -0.2) is 9.97 Å². The monoisotopic (exact) mass is 208 g/mol. The van der Waals surface area contributed by atoms with Crippen LogP contribution in [0.4, 0.5) is 0 Å². The van der Waals surface area contributed by atoms with Gasteiger partial charge in [-0.15, -0.1) is 12.4 Å². The SMILES string of the molecule is CC.Cc1nc[c-]cn1.[Rb+]. The van der Waals surface area contributed by atoms with Crippen molar-refractivity contribution in [3.63, 3.8) is 0 Å². The van der Waals surface area contributed by atoms with Crippen LogP contribution >= 0.6 is 0 Å². The molecule has 0 fully saturated rings. The van der Waals surface area contributed by atoms with Crippen LogP contribution in [0.2, 0.25) is 0 Å². The zero-order chi connectivity index (χ0) is 7.11. The minimum Gasteiger partial charge on any atom is -0.434 e. The molecule has 1 heterocycles. The van der Waals surface area contributed by atoms with Crippen LogP contribution in [-0.2, 0) is 0 Å². The maximum absolute atomic E-state index is 3.81. The van der Waals surface area contributed by atoms with Gasteiger partial charge in [0.1, 0.15) is 5.82 Å². The molecule has 0 saturated heterocycles. The molecular weight excluding hydrogens is 198 g/mol.